The second-order valence-corrected chi connectivity index (χ2v) is 6.80. The number of nitrogens with zero attached hydrogens (tertiary/aromatic N) is 1. The van der Waals surface area contributed by atoms with Gasteiger partial charge in [0, 0.05) is 47.5 Å². The predicted molar refractivity (Wildman–Crippen MR) is 69.2 cm³/mol. The van der Waals surface area contributed by atoms with E-state index in [-0.39, 0.29) is 0 Å². The summed E-state index contributed by atoms with van der Waals surface area (Å²) in [5.41, 5.74) is 0. The zero-order chi connectivity index (χ0) is 11.4. The fraction of sp³-hybridized carbons (Fsp3) is 1.00. The second kappa shape index (κ2) is 6.12. The molecule has 1 unspecified atom stereocenters. The van der Waals surface area contributed by atoms with Gasteiger partial charge in [-0.25, -0.2) is 0 Å². The molecule has 94 valence electrons. The Morgan fingerprint density at radius 3 is 2.69 bits per heavy atom. The van der Waals surface area contributed by atoms with Crippen LogP contribution in [0.5, 0.6) is 0 Å². The first kappa shape index (κ1) is 12.5. The molecule has 0 amide bonds. The molecule has 16 heavy (non-hydrogen) atoms. The van der Waals surface area contributed by atoms with E-state index in [9.17, 15) is 4.21 Å². The maximum Gasteiger partial charge on any atom is 0.0363 e. The van der Waals surface area contributed by atoms with E-state index in [0.29, 0.717) is 6.04 Å². The van der Waals surface area contributed by atoms with E-state index in [1.165, 1.54) is 32.2 Å². The fourth-order valence-corrected chi connectivity index (χ4v) is 3.35. The van der Waals surface area contributed by atoms with Crippen LogP contribution >= 0.6 is 0 Å². The van der Waals surface area contributed by atoms with Gasteiger partial charge in [-0.3, -0.25) is 9.11 Å². The van der Waals surface area contributed by atoms with Crippen molar-refractivity contribution in [3.63, 3.8) is 0 Å². The molecular formula is C12H24N2OS. The molecule has 1 heterocycles. The summed E-state index contributed by atoms with van der Waals surface area (Å²) < 4.78 is 11.2. The van der Waals surface area contributed by atoms with Crippen molar-refractivity contribution in [2.45, 2.75) is 44.7 Å². The van der Waals surface area contributed by atoms with Gasteiger partial charge in [0.1, 0.15) is 0 Å². The molecule has 1 N–H and O–H groups in total. The number of rotatable bonds is 6. The van der Waals surface area contributed by atoms with Crippen LogP contribution in [0.15, 0.2) is 0 Å². The standard InChI is InChI=1S/C12H24N2OS/c1-11(3-2-6-13-12-4-5-12)14-7-9-16(15)10-8-14/h11-13H,2-10H2,1H3. The highest BCUT2D eigenvalue weighted by Gasteiger charge is 2.21. The minimum Gasteiger partial charge on any atom is -0.314 e. The third kappa shape index (κ3) is 4.15. The number of hydrogen-bond acceptors (Lipinski definition) is 3. The molecule has 1 atom stereocenters. The van der Waals surface area contributed by atoms with Crippen LogP contribution in [-0.2, 0) is 10.8 Å². The summed E-state index contributed by atoms with van der Waals surface area (Å²) in [5, 5.41) is 3.55. The molecule has 0 aromatic heterocycles. The van der Waals surface area contributed by atoms with Crippen molar-refractivity contribution in [2.24, 2.45) is 0 Å². The summed E-state index contributed by atoms with van der Waals surface area (Å²) in [5.74, 6) is 1.76. The first-order chi connectivity index (χ1) is 7.75. The predicted octanol–water partition coefficient (Wildman–Crippen LogP) is 0.971. The summed E-state index contributed by atoms with van der Waals surface area (Å²) in [7, 11) is -0.537. The van der Waals surface area contributed by atoms with Crippen LogP contribution in [0.1, 0.15) is 32.6 Å². The SMILES string of the molecule is CC(CCCNC1CC1)N1CCS(=O)CC1. The van der Waals surface area contributed by atoms with Gasteiger partial charge in [0.2, 0.25) is 0 Å². The molecule has 0 aromatic carbocycles. The molecule has 1 saturated heterocycles. The Balaban J connectivity index is 1.55. The first-order valence-electron chi connectivity index (χ1n) is 6.58. The average molecular weight is 244 g/mol. The number of hydrogen-bond donors (Lipinski definition) is 1. The van der Waals surface area contributed by atoms with Gasteiger partial charge in [0.15, 0.2) is 0 Å². The normalized spacial score (nSPS) is 25.8. The Morgan fingerprint density at radius 2 is 2.06 bits per heavy atom. The lowest BCUT2D eigenvalue weighted by Crippen LogP contribution is -2.43. The highest BCUT2D eigenvalue weighted by molar-refractivity contribution is 7.85. The molecule has 2 fully saturated rings. The summed E-state index contributed by atoms with van der Waals surface area (Å²) in [6, 6.07) is 1.51. The van der Waals surface area contributed by atoms with Gasteiger partial charge in [0.25, 0.3) is 0 Å². The van der Waals surface area contributed by atoms with Gasteiger partial charge in [-0.05, 0) is 39.2 Å². The van der Waals surface area contributed by atoms with Gasteiger partial charge in [0.05, 0.1) is 0 Å². The molecule has 3 nitrogen and oxygen atoms in total. The van der Waals surface area contributed by atoms with Gasteiger partial charge >= 0.3 is 0 Å². The van der Waals surface area contributed by atoms with Crippen molar-refractivity contribution >= 4 is 10.8 Å². The Kier molecular flexibility index (Phi) is 4.79. The Morgan fingerprint density at radius 1 is 1.38 bits per heavy atom. The Labute approximate surface area is 101 Å². The first-order valence-corrected chi connectivity index (χ1v) is 8.07. The van der Waals surface area contributed by atoms with E-state index in [1.54, 1.807) is 0 Å². The molecule has 1 aliphatic carbocycles. The second-order valence-electron chi connectivity index (χ2n) is 5.10. The molecule has 0 radical (unpaired) electrons. The molecule has 0 aromatic rings. The third-order valence-electron chi connectivity index (χ3n) is 3.64. The van der Waals surface area contributed by atoms with Gasteiger partial charge in [-0.1, -0.05) is 0 Å². The van der Waals surface area contributed by atoms with E-state index >= 15 is 0 Å². The Hall–Kier alpha value is 0.0700. The molecule has 2 rings (SSSR count). The van der Waals surface area contributed by atoms with E-state index < -0.39 is 10.8 Å². The fourth-order valence-electron chi connectivity index (χ4n) is 2.27. The highest BCUT2D eigenvalue weighted by atomic mass is 32.2. The van der Waals surface area contributed by atoms with E-state index in [2.05, 4.69) is 17.1 Å². The molecule has 1 saturated carbocycles. The molecule has 1 aliphatic heterocycles. The smallest absolute Gasteiger partial charge is 0.0363 e. The third-order valence-corrected chi connectivity index (χ3v) is 4.92. The summed E-state index contributed by atoms with van der Waals surface area (Å²) in [6.07, 6.45) is 5.31. The van der Waals surface area contributed by atoms with Crippen molar-refractivity contribution in [3.05, 3.63) is 0 Å². The van der Waals surface area contributed by atoms with Crippen LogP contribution in [0.4, 0.5) is 0 Å². The summed E-state index contributed by atoms with van der Waals surface area (Å²) >= 11 is 0. The molecule has 2 aliphatic rings. The quantitative estimate of drug-likeness (QED) is 0.707. The summed E-state index contributed by atoms with van der Waals surface area (Å²) in [4.78, 5) is 2.50. The minimum atomic E-state index is -0.537. The largest absolute Gasteiger partial charge is 0.314 e. The maximum atomic E-state index is 11.2. The highest BCUT2D eigenvalue weighted by Crippen LogP contribution is 2.18. The minimum absolute atomic E-state index is 0.537. The van der Waals surface area contributed by atoms with Gasteiger partial charge < -0.3 is 5.32 Å². The zero-order valence-corrected chi connectivity index (χ0v) is 11.1. The van der Waals surface area contributed by atoms with Crippen LogP contribution in [-0.4, -0.2) is 52.3 Å². The van der Waals surface area contributed by atoms with Crippen molar-refractivity contribution in [1.29, 1.82) is 0 Å². The van der Waals surface area contributed by atoms with Crippen LogP contribution in [0.25, 0.3) is 0 Å². The average Bonchev–Trinajstić information content (AvgIpc) is 3.09. The molecule has 0 bridgehead atoms. The summed E-state index contributed by atoms with van der Waals surface area (Å²) in [6.45, 7) is 5.55. The maximum absolute atomic E-state index is 11.2. The van der Waals surface area contributed by atoms with Crippen molar-refractivity contribution < 1.29 is 4.21 Å². The van der Waals surface area contributed by atoms with Crippen LogP contribution in [0.2, 0.25) is 0 Å². The molecule has 4 heteroatoms. The van der Waals surface area contributed by atoms with Crippen LogP contribution in [0.3, 0.4) is 0 Å². The van der Waals surface area contributed by atoms with Gasteiger partial charge in [-0.2, -0.15) is 0 Å². The van der Waals surface area contributed by atoms with E-state index in [4.69, 9.17) is 0 Å². The monoisotopic (exact) mass is 244 g/mol. The van der Waals surface area contributed by atoms with E-state index in [0.717, 1.165) is 30.6 Å². The van der Waals surface area contributed by atoms with Crippen LogP contribution < -0.4 is 5.32 Å². The Bertz CT molecular complexity index is 233. The van der Waals surface area contributed by atoms with Crippen molar-refractivity contribution in [2.75, 3.05) is 31.1 Å². The lowest BCUT2D eigenvalue weighted by molar-refractivity contribution is 0.215. The van der Waals surface area contributed by atoms with Gasteiger partial charge in [-0.15, -0.1) is 0 Å². The molecule has 0 spiro atoms. The van der Waals surface area contributed by atoms with E-state index in [1.807, 2.05) is 0 Å². The van der Waals surface area contributed by atoms with Crippen molar-refractivity contribution in [3.8, 4) is 0 Å². The lowest BCUT2D eigenvalue weighted by atomic mass is 10.1. The zero-order valence-electron chi connectivity index (χ0n) is 10.3. The number of nitrogens with one attached hydrogen (secondary N) is 1. The lowest BCUT2D eigenvalue weighted by Gasteiger charge is -2.32. The van der Waals surface area contributed by atoms with Crippen molar-refractivity contribution in [1.82, 2.24) is 10.2 Å². The van der Waals surface area contributed by atoms with Crippen LogP contribution in [0, 0.1) is 0 Å². The molecular weight excluding hydrogens is 220 g/mol. The topological polar surface area (TPSA) is 32.3 Å².